The van der Waals surface area contributed by atoms with E-state index in [0.29, 0.717) is 0 Å². The largest absolute Gasteiger partial charge is 0.0683 e. The van der Waals surface area contributed by atoms with Crippen molar-refractivity contribution in [3.63, 3.8) is 0 Å². The molecule has 15 heavy (non-hydrogen) atoms. The van der Waals surface area contributed by atoms with Crippen LogP contribution in [-0.4, -0.2) is 0 Å². The van der Waals surface area contributed by atoms with Crippen molar-refractivity contribution in [2.24, 2.45) is 11.8 Å². The van der Waals surface area contributed by atoms with E-state index in [1.807, 2.05) is 41.5 Å². The van der Waals surface area contributed by atoms with Crippen LogP contribution in [0.1, 0.15) is 87.5 Å². The molecule has 1 saturated carbocycles. The Morgan fingerprint density at radius 3 is 1.60 bits per heavy atom. The van der Waals surface area contributed by atoms with Crippen LogP contribution in [0.5, 0.6) is 0 Å². The molecule has 0 radical (unpaired) electrons. The van der Waals surface area contributed by atoms with Crippen molar-refractivity contribution in [1.29, 1.82) is 0 Å². The molecule has 0 amide bonds. The van der Waals surface area contributed by atoms with Gasteiger partial charge in [-0.15, -0.1) is 0 Å². The predicted molar refractivity (Wildman–Crippen MR) is 75.5 cm³/mol. The average Bonchev–Trinajstić information content (AvgIpc) is 2.36. The maximum absolute atomic E-state index is 2.39. The summed E-state index contributed by atoms with van der Waals surface area (Å²) in [6.07, 6.45) is 7.37. The van der Waals surface area contributed by atoms with Gasteiger partial charge in [0.25, 0.3) is 0 Å². The quantitative estimate of drug-likeness (QED) is 0.482. The van der Waals surface area contributed by atoms with Gasteiger partial charge in [-0.2, -0.15) is 0 Å². The van der Waals surface area contributed by atoms with E-state index < -0.39 is 0 Å². The molecule has 0 heterocycles. The van der Waals surface area contributed by atoms with E-state index in [-0.39, 0.29) is 0 Å². The predicted octanol–water partition coefficient (Wildman–Crippen LogP) is 6.30. The van der Waals surface area contributed by atoms with Crippen LogP contribution in [0.4, 0.5) is 0 Å². The van der Waals surface area contributed by atoms with Crippen molar-refractivity contribution >= 4 is 0 Å². The summed E-state index contributed by atoms with van der Waals surface area (Å²) in [6.45, 7) is 16.7. The summed E-state index contributed by atoms with van der Waals surface area (Å²) < 4.78 is 0. The van der Waals surface area contributed by atoms with Gasteiger partial charge in [-0.25, -0.2) is 0 Å². The van der Waals surface area contributed by atoms with Gasteiger partial charge in [0.1, 0.15) is 0 Å². The highest BCUT2D eigenvalue weighted by Gasteiger charge is 2.16. The summed E-state index contributed by atoms with van der Waals surface area (Å²) in [5, 5.41) is 0. The molecule has 0 bridgehead atoms. The van der Waals surface area contributed by atoms with Crippen LogP contribution in [0.3, 0.4) is 0 Å². The van der Waals surface area contributed by atoms with E-state index in [0.717, 1.165) is 11.8 Å². The van der Waals surface area contributed by atoms with Gasteiger partial charge in [0.15, 0.2) is 0 Å². The molecule has 0 saturated heterocycles. The molecule has 0 N–H and O–H groups in total. The maximum Gasteiger partial charge on any atom is -0.0414 e. The first-order chi connectivity index (χ1) is 7.33. The van der Waals surface area contributed by atoms with Gasteiger partial charge in [-0.1, -0.05) is 81.1 Å². The molecule has 0 aromatic carbocycles. The second-order valence-electron chi connectivity index (χ2n) is 3.55. The van der Waals surface area contributed by atoms with Gasteiger partial charge >= 0.3 is 0 Å². The minimum absolute atomic E-state index is 1.02. The summed E-state index contributed by atoms with van der Waals surface area (Å²) in [6, 6.07) is 0. The van der Waals surface area contributed by atoms with E-state index in [1.54, 1.807) is 0 Å². The Morgan fingerprint density at radius 1 is 0.867 bits per heavy atom. The zero-order valence-electron chi connectivity index (χ0n) is 12.7. The first-order valence-electron chi connectivity index (χ1n) is 7.33. The molecule has 1 aliphatic carbocycles. The molecule has 0 aromatic heterocycles. The molecule has 0 nitrogen and oxygen atoms in total. The van der Waals surface area contributed by atoms with Crippen molar-refractivity contribution < 1.29 is 0 Å². The van der Waals surface area contributed by atoms with E-state index in [1.165, 1.54) is 32.1 Å². The summed E-state index contributed by atoms with van der Waals surface area (Å²) in [5.74, 6) is 2.08. The van der Waals surface area contributed by atoms with E-state index in [4.69, 9.17) is 0 Å². The molecule has 2 atom stereocenters. The standard InChI is InChI=1S/C9H18.3C2H6/c1-3-9-6-4-5-8(2)7-9;3*1-2/h8-9H,3-7H2,1-2H3;3*1-2H3. The molecule has 1 fully saturated rings. The van der Waals surface area contributed by atoms with Crippen molar-refractivity contribution in [3.8, 4) is 0 Å². The molecule has 1 rings (SSSR count). The Hall–Kier alpha value is 0. The van der Waals surface area contributed by atoms with Crippen molar-refractivity contribution in [3.05, 3.63) is 0 Å². The lowest BCUT2D eigenvalue weighted by Crippen LogP contribution is -2.11. The van der Waals surface area contributed by atoms with Crippen LogP contribution < -0.4 is 0 Å². The number of hydrogen-bond acceptors (Lipinski definition) is 0. The highest BCUT2D eigenvalue weighted by atomic mass is 14.2. The van der Waals surface area contributed by atoms with Crippen molar-refractivity contribution in [1.82, 2.24) is 0 Å². The maximum atomic E-state index is 2.39. The summed E-state index contributed by atoms with van der Waals surface area (Å²) in [5.41, 5.74) is 0. The van der Waals surface area contributed by atoms with Crippen LogP contribution in [0.15, 0.2) is 0 Å². The second kappa shape index (κ2) is 19.6. The first kappa shape index (κ1) is 20.4. The minimum atomic E-state index is 1.02. The fraction of sp³-hybridized carbons (Fsp3) is 1.00. The number of rotatable bonds is 1. The van der Waals surface area contributed by atoms with Crippen LogP contribution in [0.2, 0.25) is 0 Å². The SMILES string of the molecule is CC.CC.CC.CCC1CCCC(C)C1. The molecule has 0 spiro atoms. The molecule has 0 aromatic rings. The molecular formula is C15H36. The Morgan fingerprint density at radius 2 is 1.33 bits per heavy atom. The van der Waals surface area contributed by atoms with E-state index in [2.05, 4.69) is 13.8 Å². The normalized spacial score (nSPS) is 23.2. The third kappa shape index (κ3) is 14.0. The average molecular weight is 216 g/mol. The van der Waals surface area contributed by atoms with Crippen molar-refractivity contribution in [2.45, 2.75) is 87.5 Å². The third-order valence-corrected chi connectivity index (χ3v) is 2.62. The summed E-state index contributed by atoms with van der Waals surface area (Å²) >= 11 is 0. The Kier molecular flexibility index (Phi) is 26.6. The van der Waals surface area contributed by atoms with E-state index >= 15 is 0 Å². The molecular weight excluding hydrogens is 180 g/mol. The summed E-state index contributed by atoms with van der Waals surface area (Å²) in [4.78, 5) is 0. The van der Waals surface area contributed by atoms with Gasteiger partial charge in [0.2, 0.25) is 0 Å². The smallest absolute Gasteiger partial charge is 0.0414 e. The number of hydrogen-bond donors (Lipinski definition) is 0. The van der Waals surface area contributed by atoms with Gasteiger partial charge < -0.3 is 0 Å². The highest BCUT2D eigenvalue weighted by molar-refractivity contribution is 4.68. The van der Waals surface area contributed by atoms with Crippen LogP contribution in [0.25, 0.3) is 0 Å². The van der Waals surface area contributed by atoms with Gasteiger partial charge in [-0.3, -0.25) is 0 Å². The van der Waals surface area contributed by atoms with E-state index in [9.17, 15) is 0 Å². The fourth-order valence-corrected chi connectivity index (χ4v) is 1.93. The van der Waals surface area contributed by atoms with Gasteiger partial charge in [0.05, 0.1) is 0 Å². The molecule has 0 heteroatoms. The van der Waals surface area contributed by atoms with Gasteiger partial charge in [-0.05, 0) is 18.3 Å². The molecule has 2 unspecified atom stereocenters. The second-order valence-corrected chi connectivity index (χ2v) is 3.55. The molecule has 0 aliphatic heterocycles. The van der Waals surface area contributed by atoms with Crippen LogP contribution in [-0.2, 0) is 0 Å². The Bertz CT molecular complexity index is 76.1. The zero-order valence-corrected chi connectivity index (χ0v) is 12.7. The van der Waals surface area contributed by atoms with Crippen LogP contribution >= 0.6 is 0 Å². The Labute approximate surface area is 99.9 Å². The fourth-order valence-electron chi connectivity index (χ4n) is 1.93. The molecule has 96 valence electrons. The Balaban J connectivity index is -0.000000208. The summed E-state index contributed by atoms with van der Waals surface area (Å²) in [7, 11) is 0. The highest BCUT2D eigenvalue weighted by Crippen LogP contribution is 2.29. The first-order valence-corrected chi connectivity index (χ1v) is 7.33. The lowest BCUT2D eigenvalue weighted by atomic mass is 9.81. The minimum Gasteiger partial charge on any atom is -0.0683 e. The van der Waals surface area contributed by atoms with Crippen molar-refractivity contribution in [2.75, 3.05) is 0 Å². The molecule has 1 aliphatic rings. The lowest BCUT2D eigenvalue weighted by Gasteiger charge is -2.25. The third-order valence-electron chi connectivity index (χ3n) is 2.62. The lowest BCUT2D eigenvalue weighted by molar-refractivity contribution is 0.276. The zero-order chi connectivity index (χ0) is 12.7. The topological polar surface area (TPSA) is 0 Å². The monoisotopic (exact) mass is 216 g/mol. The van der Waals surface area contributed by atoms with Crippen LogP contribution in [0, 0.1) is 11.8 Å². The van der Waals surface area contributed by atoms with Gasteiger partial charge in [0, 0.05) is 0 Å².